The van der Waals surface area contributed by atoms with E-state index >= 15 is 0 Å². The summed E-state index contributed by atoms with van der Waals surface area (Å²) in [7, 11) is 0. The summed E-state index contributed by atoms with van der Waals surface area (Å²) in [6, 6.07) is 8.77. The van der Waals surface area contributed by atoms with Gasteiger partial charge < -0.3 is 10.3 Å². The fourth-order valence-corrected chi connectivity index (χ4v) is 2.17. The van der Waals surface area contributed by atoms with Gasteiger partial charge in [0.2, 0.25) is 0 Å². The highest BCUT2D eigenvalue weighted by Gasteiger charge is 2.11. The standard InChI is InChI=1S/C14H11ClN4O/c1-8-17-11-5-4-9(7-12(11)18-8)19-14(20)10-3-2-6-16-13(10)15/h2-7H,1H3,(H,17,18)(H,19,20). The molecule has 0 aliphatic carbocycles. The molecule has 100 valence electrons. The molecule has 1 aromatic carbocycles. The minimum atomic E-state index is -0.293. The Morgan fingerprint density at radius 1 is 1.35 bits per heavy atom. The van der Waals surface area contributed by atoms with Crippen LogP contribution in [0.25, 0.3) is 11.0 Å². The number of nitrogens with zero attached hydrogens (tertiary/aromatic N) is 2. The first kappa shape index (κ1) is 12.6. The summed E-state index contributed by atoms with van der Waals surface area (Å²) >= 11 is 5.90. The normalized spacial score (nSPS) is 10.7. The Hall–Kier alpha value is -2.40. The molecule has 0 atom stereocenters. The molecule has 5 nitrogen and oxygen atoms in total. The largest absolute Gasteiger partial charge is 0.342 e. The van der Waals surface area contributed by atoms with Gasteiger partial charge in [0.25, 0.3) is 5.91 Å². The van der Waals surface area contributed by atoms with E-state index in [1.165, 1.54) is 0 Å². The Morgan fingerprint density at radius 2 is 2.20 bits per heavy atom. The molecule has 0 bridgehead atoms. The third kappa shape index (κ3) is 2.35. The van der Waals surface area contributed by atoms with Crippen LogP contribution in [0.3, 0.4) is 0 Å². The summed E-state index contributed by atoms with van der Waals surface area (Å²) in [5, 5.41) is 2.97. The van der Waals surface area contributed by atoms with Gasteiger partial charge in [-0.1, -0.05) is 11.6 Å². The molecule has 1 amide bonds. The monoisotopic (exact) mass is 286 g/mol. The molecule has 2 aromatic heterocycles. The van der Waals surface area contributed by atoms with Crippen molar-refractivity contribution in [2.45, 2.75) is 6.92 Å². The highest BCUT2D eigenvalue weighted by Crippen LogP contribution is 2.19. The molecule has 2 N–H and O–H groups in total. The number of hydrogen-bond donors (Lipinski definition) is 2. The molecule has 20 heavy (non-hydrogen) atoms. The lowest BCUT2D eigenvalue weighted by Crippen LogP contribution is -2.12. The van der Waals surface area contributed by atoms with E-state index < -0.39 is 0 Å². The highest BCUT2D eigenvalue weighted by molar-refractivity contribution is 6.33. The number of aromatic nitrogens is 3. The summed E-state index contributed by atoms with van der Waals surface area (Å²) in [5.74, 6) is 0.539. The average Bonchev–Trinajstić information content (AvgIpc) is 2.78. The number of aryl methyl sites for hydroxylation is 1. The Bertz CT molecular complexity index is 797. The van der Waals surface area contributed by atoms with Gasteiger partial charge in [-0.05, 0) is 37.3 Å². The van der Waals surface area contributed by atoms with Crippen molar-refractivity contribution >= 4 is 34.2 Å². The number of hydrogen-bond acceptors (Lipinski definition) is 3. The van der Waals surface area contributed by atoms with Gasteiger partial charge in [-0.2, -0.15) is 0 Å². The zero-order valence-electron chi connectivity index (χ0n) is 10.6. The minimum absolute atomic E-state index is 0.184. The van der Waals surface area contributed by atoms with Gasteiger partial charge in [-0.25, -0.2) is 9.97 Å². The SMILES string of the molecule is Cc1nc2ccc(NC(=O)c3cccnc3Cl)cc2[nH]1. The van der Waals surface area contributed by atoms with E-state index in [4.69, 9.17) is 11.6 Å². The fourth-order valence-electron chi connectivity index (χ4n) is 1.97. The summed E-state index contributed by atoms with van der Waals surface area (Å²) in [4.78, 5) is 23.4. The van der Waals surface area contributed by atoms with E-state index in [9.17, 15) is 4.79 Å². The number of rotatable bonds is 2. The predicted octanol–water partition coefficient (Wildman–Crippen LogP) is 3.17. The second kappa shape index (κ2) is 4.94. The number of nitrogens with one attached hydrogen (secondary N) is 2. The number of pyridine rings is 1. The third-order valence-electron chi connectivity index (χ3n) is 2.86. The Kier molecular flexibility index (Phi) is 3.12. The quantitative estimate of drug-likeness (QED) is 0.711. The van der Waals surface area contributed by atoms with Crippen molar-refractivity contribution in [1.29, 1.82) is 0 Å². The van der Waals surface area contributed by atoms with Crippen LogP contribution in [-0.2, 0) is 0 Å². The van der Waals surface area contributed by atoms with Crippen LogP contribution in [0.2, 0.25) is 5.15 Å². The number of halogens is 1. The van der Waals surface area contributed by atoms with Crippen LogP contribution < -0.4 is 5.32 Å². The minimum Gasteiger partial charge on any atom is -0.342 e. The second-order valence-electron chi connectivity index (χ2n) is 4.35. The fraction of sp³-hybridized carbons (Fsp3) is 0.0714. The smallest absolute Gasteiger partial charge is 0.258 e. The van der Waals surface area contributed by atoms with Crippen molar-refractivity contribution in [1.82, 2.24) is 15.0 Å². The topological polar surface area (TPSA) is 70.7 Å². The van der Waals surface area contributed by atoms with Crippen LogP contribution in [0.5, 0.6) is 0 Å². The Morgan fingerprint density at radius 3 is 3.00 bits per heavy atom. The summed E-state index contributed by atoms with van der Waals surface area (Å²) in [6.45, 7) is 1.88. The van der Waals surface area contributed by atoms with Gasteiger partial charge >= 0.3 is 0 Å². The van der Waals surface area contributed by atoms with E-state index in [1.807, 2.05) is 19.1 Å². The number of benzene rings is 1. The first-order valence-corrected chi connectivity index (χ1v) is 6.39. The molecule has 0 radical (unpaired) electrons. The molecule has 0 unspecified atom stereocenters. The lowest BCUT2D eigenvalue weighted by molar-refractivity contribution is 0.102. The maximum absolute atomic E-state index is 12.1. The maximum atomic E-state index is 12.1. The molecule has 0 saturated heterocycles. The number of imidazole rings is 1. The van der Waals surface area contributed by atoms with Crippen LogP contribution in [0.4, 0.5) is 5.69 Å². The van der Waals surface area contributed by atoms with Gasteiger partial charge in [0.1, 0.15) is 11.0 Å². The van der Waals surface area contributed by atoms with Crippen molar-refractivity contribution < 1.29 is 4.79 Å². The summed E-state index contributed by atoms with van der Waals surface area (Å²) in [6.07, 6.45) is 1.54. The molecule has 2 heterocycles. The van der Waals surface area contributed by atoms with Crippen molar-refractivity contribution in [3.63, 3.8) is 0 Å². The van der Waals surface area contributed by atoms with Crippen LogP contribution in [0.1, 0.15) is 16.2 Å². The van der Waals surface area contributed by atoms with E-state index in [0.29, 0.717) is 11.3 Å². The second-order valence-corrected chi connectivity index (χ2v) is 4.71. The van der Waals surface area contributed by atoms with Crippen LogP contribution >= 0.6 is 11.6 Å². The van der Waals surface area contributed by atoms with Gasteiger partial charge in [-0.3, -0.25) is 4.79 Å². The van der Waals surface area contributed by atoms with Gasteiger partial charge in [0.05, 0.1) is 16.6 Å². The molecule has 0 saturated carbocycles. The molecule has 3 rings (SSSR count). The maximum Gasteiger partial charge on any atom is 0.258 e. The van der Waals surface area contributed by atoms with Crippen molar-refractivity contribution in [2.24, 2.45) is 0 Å². The first-order valence-electron chi connectivity index (χ1n) is 6.02. The Labute approximate surface area is 120 Å². The number of amides is 1. The van der Waals surface area contributed by atoms with E-state index in [-0.39, 0.29) is 11.1 Å². The molecule has 0 fully saturated rings. The van der Waals surface area contributed by atoms with Crippen molar-refractivity contribution in [3.8, 4) is 0 Å². The molecule has 0 spiro atoms. The third-order valence-corrected chi connectivity index (χ3v) is 3.16. The van der Waals surface area contributed by atoms with Crippen LogP contribution in [-0.4, -0.2) is 20.9 Å². The Balaban J connectivity index is 1.89. The van der Waals surface area contributed by atoms with Crippen LogP contribution in [0.15, 0.2) is 36.5 Å². The van der Waals surface area contributed by atoms with Gasteiger partial charge in [0, 0.05) is 11.9 Å². The molecule has 0 aliphatic heterocycles. The van der Waals surface area contributed by atoms with E-state index in [1.54, 1.807) is 24.4 Å². The average molecular weight is 287 g/mol. The van der Waals surface area contributed by atoms with Crippen LogP contribution in [0, 0.1) is 6.92 Å². The van der Waals surface area contributed by atoms with E-state index in [0.717, 1.165) is 16.9 Å². The molecule has 3 aromatic rings. The first-order chi connectivity index (χ1) is 9.63. The summed E-state index contributed by atoms with van der Waals surface area (Å²) < 4.78 is 0. The number of anilines is 1. The highest BCUT2D eigenvalue weighted by atomic mass is 35.5. The molecular weight excluding hydrogens is 276 g/mol. The molecular formula is C14H11ClN4O. The van der Waals surface area contributed by atoms with Gasteiger partial charge in [0.15, 0.2) is 0 Å². The number of carbonyl (C=O) groups excluding carboxylic acids is 1. The number of aromatic amines is 1. The summed E-state index contributed by atoms with van der Waals surface area (Å²) in [5.41, 5.74) is 2.75. The number of fused-ring (bicyclic) bond motifs is 1. The lowest BCUT2D eigenvalue weighted by atomic mass is 10.2. The number of carbonyl (C=O) groups is 1. The van der Waals surface area contributed by atoms with E-state index in [2.05, 4.69) is 20.3 Å². The molecule has 0 aliphatic rings. The zero-order valence-corrected chi connectivity index (χ0v) is 11.4. The van der Waals surface area contributed by atoms with Crippen molar-refractivity contribution in [2.75, 3.05) is 5.32 Å². The van der Waals surface area contributed by atoms with Gasteiger partial charge in [-0.15, -0.1) is 0 Å². The van der Waals surface area contributed by atoms with Crippen molar-refractivity contribution in [3.05, 3.63) is 53.1 Å². The number of H-pyrrole nitrogens is 1. The zero-order chi connectivity index (χ0) is 14.1. The lowest BCUT2D eigenvalue weighted by Gasteiger charge is -2.06. The predicted molar refractivity (Wildman–Crippen MR) is 78.0 cm³/mol. The molecule has 6 heteroatoms.